The fraction of sp³-hybridized carbons (Fsp3) is 0.188. The first-order valence-corrected chi connectivity index (χ1v) is 6.77. The Morgan fingerprint density at radius 3 is 2.81 bits per heavy atom. The number of hydrogen-bond acceptors (Lipinski definition) is 3. The minimum absolute atomic E-state index is 0.129. The van der Waals surface area contributed by atoms with Crippen LogP contribution in [0.1, 0.15) is 32.0 Å². The van der Waals surface area contributed by atoms with Crippen molar-refractivity contribution in [2.24, 2.45) is 5.73 Å². The van der Waals surface area contributed by atoms with E-state index in [9.17, 15) is 9.59 Å². The number of primary amides is 1. The topological polar surface area (TPSA) is 76.3 Å². The fourth-order valence-electron chi connectivity index (χ4n) is 2.60. The zero-order valence-electron chi connectivity index (χ0n) is 11.5. The van der Waals surface area contributed by atoms with E-state index in [4.69, 9.17) is 5.73 Å². The summed E-state index contributed by atoms with van der Waals surface area (Å²) in [6, 6.07) is 10.9. The molecule has 2 heterocycles. The van der Waals surface area contributed by atoms with Gasteiger partial charge in [0.2, 0.25) is 5.91 Å². The molecule has 0 fully saturated rings. The molecule has 3 rings (SSSR count). The first kappa shape index (κ1) is 13.3. The molecule has 5 heteroatoms. The number of hydrogen-bond donors (Lipinski definition) is 1. The Bertz CT molecular complexity index is 698. The SMILES string of the molecule is NC(=O)c1cccc2c1C(=O)N(CCc1ccccn1)C2. The molecule has 2 aromatic rings. The van der Waals surface area contributed by atoms with Gasteiger partial charge in [0.25, 0.3) is 5.91 Å². The van der Waals surface area contributed by atoms with E-state index in [0.717, 1.165) is 11.3 Å². The van der Waals surface area contributed by atoms with Crippen molar-refractivity contribution in [2.75, 3.05) is 6.54 Å². The quantitative estimate of drug-likeness (QED) is 0.919. The summed E-state index contributed by atoms with van der Waals surface area (Å²) in [6.45, 7) is 1.09. The fourth-order valence-corrected chi connectivity index (χ4v) is 2.60. The number of nitrogens with zero attached hydrogens (tertiary/aromatic N) is 2. The summed E-state index contributed by atoms with van der Waals surface area (Å²) < 4.78 is 0. The van der Waals surface area contributed by atoms with Gasteiger partial charge in [-0.1, -0.05) is 18.2 Å². The molecule has 106 valence electrons. The molecule has 0 aliphatic carbocycles. The molecular weight excluding hydrogens is 266 g/mol. The molecule has 5 nitrogen and oxygen atoms in total. The number of aromatic nitrogens is 1. The Balaban J connectivity index is 1.78. The lowest BCUT2D eigenvalue weighted by Gasteiger charge is -2.15. The van der Waals surface area contributed by atoms with Crippen LogP contribution < -0.4 is 5.73 Å². The van der Waals surface area contributed by atoms with Crippen molar-refractivity contribution < 1.29 is 9.59 Å². The second kappa shape index (κ2) is 5.36. The van der Waals surface area contributed by atoms with Gasteiger partial charge in [0.1, 0.15) is 0 Å². The Kier molecular flexibility index (Phi) is 3.39. The summed E-state index contributed by atoms with van der Waals surface area (Å²) in [5.74, 6) is -0.692. The number of pyridine rings is 1. The van der Waals surface area contributed by atoms with Crippen LogP contribution in [0.15, 0.2) is 42.6 Å². The number of amides is 2. The lowest BCUT2D eigenvalue weighted by atomic mass is 10.0. The molecule has 0 radical (unpaired) electrons. The van der Waals surface area contributed by atoms with E-state index in [1.54, 1.807) is 23.2 Å². The Hall–Kier alpha value is -2.69. The van der Waals surface area contributed by atoms with Gasteiger partial charge in [0.05, 0.1) is 11.1 Å². The number of benzene rings is 1. The number of fused-ring (bicyclic) bond motifs is 1. The molecule has 1 aliphatic heterocycles. The van der Waals surface area contributed by atoms with Crippen molar-refractivity contribution in [2.45, 2.75) is 13.0 Å². The zero-order chi connectivity index (χ0) is 14.8. The maximum absolute atomic E-state index is 12.4. The number of rotatable bonds is 4. The van der Waals surface area contributed by atoms with E-state index >= 15 is 0 Å². The van der Waals surface area contributed by atoms with Crippen LogP contribution in [0, 0.1) is 0 Å². The number of carbonyl (C=O) groups is 2. The molecule has 2 N–H and O–H groups in total. The van der Waals surface area contributed by atoms with Crippen LogP contribution >= 0.6 is 0 Å². The third-order valence-corrected chi connectivity index (χ3v) is 3.64. The molecule has 1 aromatic heterocycles. The average Bonchev–Trinajstić information content (AvgIpc) is 2.83. The second-order valence-electron chi connectivity index (χ2n) is 5.00. The predicted molar refractivity (Wildman–Crippen MR) is 77.6 cm³/mol. The molecule has 0 saturated heterocycles. The van der Waals surface area contributed by atoms with Crippen LogP contribution in [0.25, 0.3) is 0 Å². The molecule has 21 heavy (non-hydrogen) atoms. The van der Waals surface area contributed by atoms with Crippen molar-refractivity contribution in [1.82, 2.24) is 9.88 Å². The molecule has 0 saturated carbocycles. The van der Waals surface area contributed by atoms with Crippen LogP contribution in [0.5, 0.6) is 0 Å². The van der Waals surface area contributed by atoms with Gasteiger partial charge >= 0.3 is 0 Å². The van der Waals surface area contributed by atoms with Crippen LogP contribution in [-0.4, -0.2) is 28.2 Å². The standard InChI is InChI=1S/C16H15N3O2/c17-15(20)13-6-3-4-11-10-19(16(21)14(11)13)9-7-12-5-1-2-8-18-12/h1-6,8H,7,9-10H2,(H2,17,20). The van der Waals surface area contributed by atoms with E-state index < -0.39 is 5.91 Å². The van der Waals surface area contributed by atoms with Gasteiger partial charge in [0, 0.05) is 31.4 Å². The Labute approximate surface area is 122 Å². The predicted octanol–water partition coefficient (Wildman–Crippen LogP) is 1.38. The van der Waals surface area contributed by atoms with Gasteiger partial charge in [-0.05, 0) is 23.8 Å². The van der Waals surface area contributed by atoms with Gasteiger partial charge in [-0.25, -0.2) is 0 Å². The number of nitrogens with two attached hydrogens (primary N) is 1. The lowest BCUT2D eigenvalue weighted by Crippen LogP contribution is -2.27. The molecule has 1 aliphatic rings. The van der Waals surface area contributed by atoms with Crippen LogP contribution in [-0.2, 0) is 13.0 Å². The van der Waals surface area contributed by atoms with E-state index in [2.05, 4.69) is 4.98 Å². The minimum Gasteiger partial charge on any atom is -0.366 e. The van der Waals surface area contributed by atoms with E-state index in [-0.39, 0.29) is 5.91 Å². The van der Waals surface area contributed by atoms with Gasteiger partial charge in [-0.15, -0.1) is 0 Å². The van der Waals surface area contributed by atoms with Gasteiger partial charge < -0.3 is 10.6 Å². The molecule has 1 aromatic carbocycles. The summed E-state index contributed by atoms with van der Waals surface area (Å²) >= 11 is 0. The maximum Gasteiger partial charge on any atom is 0.255 e. The highest BCUT2D eigenvalue weighted by molar-refractivity contribution is 6.09. The zero-order valence-corrected chi connectivity index (χ0v) is 11.5. The van der Waals surface area contributed by atoms with E-state index in [1.807, 2.05) is 24.3 Å². The largest absolute Gasteiger partial charge is 0.366 e. The molecule has 0 unspecified atom stereocenters. The normalized spacial score (nSPS) is 13.3. The first-order chi connectivity index (χ1) is 10.2. The monoisotopic (exact) mass is 281 g/mol. The molecule has 2 amide bonds. The summed E-state index contributed by atoms with van der Waals surface area (Å²) in [5.41, 5.74) is 7.89. The average molecular weight is 281 g/mol. The summed E-state index contributed by atoms with van der Waals surface area (Å²) in [5, 5.41) is 0. The minimum atomic E-state index is -0.563. The molecule has 0 spiro atoms. The van der Waals surface area contributed by atoms with E-state index in [1.165, 1.54) is 0 Å². The van der Waals surface area contributed by atoms with E-state index in [0.29, 0.717) is 30.6 Å². The number of carbonyl (C=O) groups excluding carboxylic acids is 2. The Morgan fingerprint density at radius 2 is 2.10 bits per heavy atom. The molecule has 0 bridgehead atoms. The highest BCUT2D eigenvalue weighted by Gasteiger charge is 2.30. The smallest absolute Gasteiger partial charge is 0.255 e. The van der Waals surface area contributed by atoms with Crippen molar-refractivity contribution in [3.8, 4) is 0 Å². The van der Waals surface area contributed by atoms with Crippen LogP contribution in [0.3, 0.4) is 0 Å². The van der Waals surface area contributed by atoms with Gasteiger partial charge in [0.15, 0.2) is 0 Å². The highest BCUT2D eigenvalue weighted by atomic mass is 16.2. The maximum atomic E-state index is 12.4. The summed E-state index contributed by atoms with van der Waals surface area (Å²) in [4.78, 5) is 29.9. The molecular formula is C16H15N3O2. The second-order valence-corrected chi connectivity index (χ2v) is 5.00. The van der Waals surface area contributed by atoms with Crippen LogP contribution in [0.2, 0.25) is 0 Å². The van der Waals surface area contributed by atoms with Crippen molar-refractivity contribution in [3.05, 3.63) is 65.0 Å². The first-order valence-electron chi connectivity index (χ1n) is 6.77. The lowest BCUT2D eigenvalue weighted by molar-refractivity contribution is 0.0775. The third kappa shape index (κ3) is 2.50. The van der Waals surface area contributed by atoms with Gasteiger partial charge in [-0.3, -0.25) is 14.6 Å². The summed E-state index contributed by atoms with van der Waals surface area (Å²) in [6.07, 6.45) is 2.42. The van der Waals surface area contributed by atoms with Crippen molar-refractivity contribution in [3.63, 3.8) is 0 Å². The van der Waals surface area contributed by atoms with Crippen molar-refractivity contribution >= 4 is 11.8 Å². The third-order valence-electron chi connectivity index (χ3n) is 3.64. The van der Waals surface area contributed by atoms with Crippen molar-refractivity contribution in [1.29, 1.82) is 0 Å². The Morgan fingerprint density at radius 1 is 1.24 bits per heavy atom. The van der Waals surface area contributed by atoms with Gasteiger partial charge in [-0.2, -0.15) is 0 Å². The summed E-state index contributed by atoms with van der Waals surface area (Å²) in [7, 11) is 0. The van der Waals surface area contributed by atoms with Crippen LogP contribution in [0.4, 0.5) is 0 Å². The highest BCUT2D eigenvalue weighted by Crippen LogP contribution is 2.25. The molecule has 0 atom stereocenters.